The van der Waals surface area contributed by atoms with E-state index in [-0.39, 0.29) is 17.5 Å². The Morgan fingerprint density at radius 2 is 1.70 bits per heavy atom. The van der Waals surface area contributed by atoms with Gasteiger partial charge >= 0.3 is 5.97 Å². The number of amides is 1. The third kappa shape index (κ3) is 4.08. The van der Waals surface area contributed by atoms with E-state index in [4.69, 9.17) is 5.11 Å². The van der Waals surface area contributed by atoms with Crippen molar-refractivity contribution in [3.05, 3.63) is 35.4 Å². The van der Waals surface area contributed by atoms with E-state index in [2.05, 4.69) is 13.8 Å². The van der Waals surface area contributed by atoms with E-state index < -0.39 is 5.97 Å². The van der Waals surface area contributed by atoms with Crippen molar-refractivity contribution < 1.29 is 14.7 Å². The summed E-state index contributed by atoms with van der Waals surface area (Å²) in [6.07, 6.45) is 2.92. The van der Waals surface area contributed by atoms with Gasteiger partial charge in [0.15, 0.2) is 0 Å². The van der Waals surface area contributed by atoms with Gasteiger partial charge in [0, 0.05) is 18.2 Å². The number of nitrogens with zero attached hydrogens (tertiary/aromatic N) is 1. The highest BCUT2D eigenvalue weighted by Gasteiger charge is 2.20. The van der Waals surface area contributed by atoms with E-state index in [1.165, 1.54) is 12.1 Å². The summed E-state index contributed by atoms with van der Waals surface area (Å²) in [5, 5.41) is 8.87. The third-order valence-corrected chi connectivity index (χ3v) is 3.52. The monoisotopic (exact) mass is 277 g/mol. The van der Waals surface area contributed by atoms with Crippen LogP contribution in [0, 0.1) is 0 Å². The Labute approximate surface area is 120 Å². The zero-order chi connectivity index (χ0) is 15.1. The molecule has 0 radical (unpaired) electrons. The molecule has 0 aliphatic rings. The number of aromatic carboxylic acids is 1. The molecule has 1 N–H and O–H groups in total. The Hall–Kier alpha value is -1.84. The summed E-state index contributed by atoms with van der Waals surface area (Å²) in [5.74, 6) is -1.00. The van der Waals surface area contributed by atoms with Gasteiger partial charge in [-0.15, -0.1) is 0 Å². The third-order valence-electron chi connectivity index (χ3n) is 3.52. The Morgan fingerprint density at radius 1 is 1.15 bits per heavy atom. The Kier molecular flexibility index (Phi) is 6.22. The van der Waals surface area contributed by atoms with Crippen molar-refractivity contribution in [1.29, 1.82) is 0 Å². The van der Waals surface area contributed by atoms with E-state index in [9.17, 15) is 9.59 Å². The first kappa shape index (κ1) is 16.2. The van der Waals surface area contributed by atoms with Crippen molar-refractivity contribution in [1.82, 2.24) is 4.90 Å². The van der Waals surface area contributed by atoms with Crippen molar-refractivity contribution >= 4 is 11.9 Å². The molecule has 0 aliphatic heterocycles. The van der Waals surface area contributed by atoms with Crippen LogP contribution in [0.3, 0.4) is 0 Å². The molecule has 4 heteroatoms. The average molecular weight is 277 g/mol. The molecule has 0 aliphatic carbocycles. The van der Waals surface area contributed by atoms with Crippen LogP contribution in [0.5, 0.6) is 0 Å². The van der Waals surface area contributed by atoms with Gasteiger partial charge in [0.05, 0.1) is 5.56 Å². The predicted octanol–water partition coefficient (Wildman–Crippen LogP) is 3.43. The lowest BCUT2D eigenvalue weighted by molar-refractivity contribution is 0.0676. The second kappa shape index (κ2) is 7.68. The van der Waals surface area contributed by atoms with Gasteiger partial charge in [-0.05, 0) is 44.0 Å². The maximum Gasteiger partial charge on any atom is 0.335 e. The number of carbonyl (C=O) groups excluding carboxylic acids is 1. The molecule has 1 aromatic carbocycles. The Morgan fingerprint density at radius 3 is 2.15 bits per heavy atom. The van der Waals surface area contributed by atoms with Gasteiger partial charge in [0.25, 0.3) is 5.91 Å². The van der Waals surface area contributed by atoms with Gasteiger partial charge in [-0.25, -0.2) is 4.79 Å². The molecule has 0 fully saturated rings. The first-order chi connectivity index (χ1) is 9.51. The highest BCUT2D eigenvalue weighted by Crippen LogP contribution is 2.13. The molecule has 20 heavy (non-hydrogen) atoms. The zero-order valence-corrected chi connectivity index (χ0v) is 12.4. The van der Waals surface area contributed by atoms with Crippen LogP contribution in [0.4, 0.5) is 0 Å². The first-order valence-corrected chi connectivity index (χ1v) is 7.15. The highest BCUT2D eigenvalue weighted by atomic mass is 16.4. The highest BCUT2D eigenvalue weighted by molar-refractivity contribution is 5.96. The number of carbonyl (C=O) groups is 2. The van der Waals surface area contributed by atoms with Gasteiger partial charge in [0.1, 0.15) is 0 Å². The van der Waals surface area contributed by atoms with Crippen LogP contribution in [0.25, 0.3) is 0 Å². The smallest absolute Gasteiger partial charge is 0.335 e. The predicted molar refractivity (Wildman–Crippen MR) is 79.1 cm³/mol. The maximum atomic E-state index is 12.5. The van der Waals surface area contributed by atoms with Crippen LogP contribution in [-0.2, 0) is 0 Å². The van der Waals surface area contributed by atoms with Gasteiger partial charge in [-0.1, -0.05) is 20.3 Å². The molecule has 1 atom stereocenters. The molecular weight excluding hydrogens is 254 g/mol. The van der Waals surface area contributed by atoms with E-state index in [1.807, 2.05) is 11.8 Å². The molecular formula is C16H23NO3. The lowest BCUT2D eigenvalue weighted by Crippen LogP contribution is -2.39. The van der Waals surface area contributed by atoms with Gasteiger partial charge in [-0.2, -0.15) is 0 Å². The second-order valence-corrected chi connectivity index (χ2v) is 4.99. The Balaban J connectivity index is 2.90. The normalized spacial score (nSPS) is 11.9. The zero-order valence-electron chi connectivity index (χ0n) is 12.4. The fourth-order valence-electron chi connectivity index (χ4n) is 1.99. The molecule has 1 amide bonds. The molecule has 0 bridgehead atoms. The molecule has 0 spiro atoms. The topological polar surface area (TPSA) is 57.6 Å². The number of rotatable bonds is 7. The number of benzene rings is 1. The molecule has 1 aromatic rings. The fraction of sp³-hybridized carbons (Fsp3) is 0.500. The van der Waals surface area contributed by atoms with E-state index in [0.717, 1.165) is 25.8 Å². The quantitative estimate of drug-likeness (QED) is 0.830. The largest absolute Gasteiger partial charge is 0.478 e. The minimum atomic E-state index is -0.978. The van der Waals surface area contributed by atoms with E-state index in [1.54, 1.807) is 12.1 Å². The molecule has 0 aromatic heterocycles. The number of hydrogen-bond acceptors (Lipinski definition) is 2. The lowest BCUT2D eigenvalue weighted by Gasteiger charge is -2.28. The molecule has 110 valence electrons. The second-order valence-electron chi connectivity index (χ2n) is 4.99. The molecule has 1 rings (SSSR count). The standard InChI is InChI=1S/C16H23NO3/c1-4-6-11-17(12(3)5-2)15(18)13-7-9-14(10-8-13)16(19)20/h7-10,12H,4-6,11H2,1-3H3,(H,19,20). The van der Waals surface area contributed by atoms with Crippen LogP contribution < -0.4 is 0 Å². The van der Waals surface area contributed by atoms with Gasteiger partial charge in [0.2, 0.25) is 0 Å². The summed E-state index contributed by atoms with van der Waals surface area (Å²) >= 11 is 0. The van der Waals surface area contributed by atoms with Crippen LogP contribution in [0.2, 0.25) is 0 Å². The van der Waals surface area contributed by atoms with Crippen molar-refractivity contribution in [3.8, 4) is 0 Å². The average Bonchev–Trinajstić information content (AvgIpc) is 2.47. The minimum Gasteiger partial charge on any atom is -0.478 e. The number of carboxylic acids is 1. The summed E-state index contributed by atoms with van der Waals surface area (Å²) in [7, 11) is 0. The minimum absolute atomic E-state index is 0.0234. The Bertz CT molecular complexity index is 453. The molecule has 1 unspecified atom stereocenters. The number of unbranched alkanes of at least 4 members (excludes halogenated alkanes) is 1. The maximum absolute atomic E-state index is 12.5. The van der Waals surface area contributed by atoms with Crippen molar-refractivity contribution in [2.24, 2.45) is 0 Å². The lowest BCUT2D eigenvalue weighted by atomic mass is 10.1. The SMILES string of the molecule is CCCCN(C(=O)c1ccc(C(=O)O)cc1)C(C)CC. The van der Waals surface area contributed by atoms with Crippen LogP contribution in [0.1, 0.15) is 60.7 Å². The summed E-state index contributed by atoms with van der Waals surface area (Å²) in [4.78, 5) is 25.2. The van der Waals surface area contributed by atoms with Crippen molar-refractivity contribution in [2.45, 2.75) is 46.1 Å². The summed E-state index contributed by atoms with van der Waals surface area (Å²) < 4.78 is 0. The van der Waals surface area contributed by atoms with Crippen LogP contribution in [0.15, 0.2) is 24.3 Å². The van der Waals surface area contributed by atoms with Crippen LogP contribution >= 0.6 is 0 Å². The molecule has 0 saturated carbocycles. The fourth-order valence-corrected chi connectivity index (χ4v) is 1.99. The van der Waals surface area contributed by atoms with Crippen molar-refractivity contribution in [3.63, 3.8) is 0 Å². The first-order valence-electron chi connectivity index (χ1n) is 7.15. The molecule has 0 saturated heterocycles. The molecule has 4 nitrogen and oxygen atoms in total. The van der Waals surface area contributed by atoms with Crippen molar-refractivity contribution in [2.75, 3.05) is 6.54 Å². The van der Waals surface area contributed by atoms with E-state index >= 15 is 0 Å². The van der Waals surface area contributed by atoms with Gasteiger partial charge in [-0.3, -0.25) is 4.79 Å². The number of carboxylic acid groups (broad SMARTS) is 1. The number of hydrogen-bond donors (Lipinski definition) is 1. The van der Waals surface area contributed by atoms with Gasteiger partial charge < -0.3 is 10.0 Å². The van der Waals surface area contributed by atoms with E-state index in [0.29, 0.717) is 5.56 Å². The van der Waals surface area contributed by atoms with Crippen LogP contribution in [-0.4, -0.2) is 34.5 Å². The summed E-state index contributed by atoms with van der Waals surface area (Å²) in [6.45, 7) is 6.94. The molecule has 0 heterocycles. The summed E-state index contributed by atoms with van der Waals surface area (Å²) in [6, 6.07) is 6.32. The summed E-state index contributed by atoms with van der Waals surface area (Å²) in [5.41, 5.74) is 0.747.